The van der Waals surface area contributed by atoms with Crippen molar-refractivity contribution in [2.45, 2.75) is 6.18 Å². The summed E-state index contributed by atoms with van der Waals surface area (Å²) in [6.07, 6.45) is -4.35. The second kappa shape index (κ2) is 3.48. The molecule has 9 heteroatoms. The fourth-order valence-electron chi connectivity index (χ4n) is 0.785. The monoisotopic (exact) mass is 229 g/mol. The zero-order valence-electron chi connectivity index (χ0n) is 6.38. The molecule has 0 saturated carbocycles. The summed E-state index contributed by atoms with van der Waals surface area (Å²) in [7, 11) is 0. The van der Waals surface area contributed by atoms with Crippen LogP contribution in [0.2, 0.25) is 0 Å². The Balaban J connectivity index is 3.49. The predicted molar refractivity (Wildman–Crippen MR) is 42.0 cm³/mol. The fraction of sp³-hybridized carbons (Fsp3) is 0.200. The number of hydrogen-bond donors (Lipinski definition) is 1. The molecule has 0 spiro atoms. The molecule has 1 aromatic heterocycles. The van der Waals surface area contributed by atoms with Gasteiger partial charge in [0.25, 0.3) is 5.56 Å². The largest absolute Gasteiger partial charge is 0.423 e. The summed E-state index contributed by atoms with van der Waals surface area (Å²) in [6, 6.07) is 0. The second-order valence-corrected chi connectivity index (χ2v) is 2.70. The highest BCUT2D eigenvalue weighted by Gasteiger charge is 2.37. The molecule has 2 N–H and O–H groups in total. The Morgan fingerprint density at radius 3 is 2.50 bits per heavy atom. The van der Waals surface area contributed by atoms with E-state index in [2.05, 4.69) is 5.10 Å². The molecule has 78 valence electrons. The highest BCUT2D eigenvalue weighted by atomic mass is 32.2. The van der Waals surface area contributed by atoms with Crippen LogP contribution in [0.1, 0.15) is 5.56 Å². The Kier molecular flexibility index (Phi) is 2.69. The van der Waals surface area contributed by atoms with Gasteiger partial charge in [-0.25, -0.2) is 0 Å². The molecule has 0 fully saturated rings. The number of nitrogen functional groups attached to an aromatic ring is 1. The van der Waals surface area contributed by atoms with Gasteiger partial charge in [-0.15, -0.1) is 7.97 Å². The standard InChI is InChI=1S/C5H3F4N3OS/c6-5(7,8)3-2(10)1-11-12(14-9)4(3)13/h1H,10H2. The van der Waals surface area contributed by atoms with Gasteiger partial charge in [-0.3, -0.25) is 4.79 Å². The van der Waals surface area contributed by atoms with E-state index in [0.29, 0.717) is 6.20 Å². The number of nitrogens with two attached hydrogens (primary N) is 1. The summed E-state index contributed by atoms with van der Waals surface area (Å²) in [4.78, 5) is 10.9. The van der Waals surface area contributed by atoms with Gasteiger partial charge in [0, 0.05) is 0 Å². The van der Waals surface area contributed by atoms with Gasteiger partial charge in [0.15, 0.2) is 12.3 Å². The summed E-state index contributed by atoms with van der Waals surface area (Å²) >= 11 is -0.728. The van der Waals surface area contributed by atoms with E-state index >= 15 is 0 Å². The Bertz CT molecular complexity index is 401. The van der Waals surface area contributed by atoms with Gasteiger partial charge in [0.2, 0.25) is 0 Å². The second-order valence-electron chi connectivity index (χ2n) is 2.22. The summed E-state index contributed by atoms with van der Waals surface area (Å²) in [6.45, 7) is 0. The Hall–Kier alpha value is -1.25. The van der Waals surface area contributed by atoms with E-state index in [-0.39, 0.29) is 4.09 Å². The lowest BCUT2D eigenvalue weighted by Gasteiger charge is -2.08. The molecule has 1 aromatic rings. The lowest BCUT2D eigenvalue weighted by Crippen LogP contribution is -2.28. The molecule has 1 rings (SSSR count). The molecular weight excluding hydrogens is 226 g/mol. The van der Waals surface area contributed by atoms with E-state index in [1.54, 1.807) is 0 Å². The molecule has 0 aromatic carbocycles. The number of hydrogen-bond acceptors (Lipinski definition) is 4. The van der Waals surface area contributed by atoms with Crippen molar-refractivity contribution < 1.29 is 17.1 Å². The van der Waals surface area contributed by atoms with Crippen molar-refractivity contribution in [3.05, 3.63) is 22.1 Å². The number of rotatable bonds is 1. The molecule has 0 saturated heterocycles. The Morgan fingerprint density at radius 1 is 1.50 bits per heavy atom. The van der Waals surface area contributed by atoms with Gasteiger partial charge in [0.1, 0.15) is 5.56 Å². The van der Waals surface area contributed by atoms with Crippen molar-refractivity contribution in [3.63, 3.8) is 0 Å². The van der Waals surface area contributed by atoms with Crippen molar-refractivity contribution in [1.29, 1.82) is 0 Å². The minimum Gasteiger partial charge on any atom is -0.397 e. The molecule has 0 amide bonds. The lowest BCUT2D eigenvalue weighted by atomic mass is 10.2. The third-order valence-corrected chi connectivity index (χ3v) is 1.72. The SMILES string of the molecule is Nc1cnn(SF)c(=O)c1C(F)(F)F. The lowest BCUT2D eigenvalue weighted by molar-refractivity contribution is -0.138. The van der Waals surface area contributed by atoms with Crippen LogP contribution < -0.4 is 11.3 Å². The first-order valence-corrected chi connectivity index (χ1v) is 3.79. The first-order valence-electron chi connectivity index (χ1n) is 3.12. The maximum Gasteiger partial charge on any atom is 0.423 e. The maximum absolute atomic E-state index is 12.2. The molecular formula is C5H3F4N3OS. The van der Waals surface area contributed by atoms with Crippen molar-refractivity contribution in [2.75, 3.05) is 5.73 Å². The normalized spacial score (nSPS) is 11.7. The van der Waals surface area contributed by atoms with Crippen LogP contribution in [-0.2, 0) is 6.18 Å². The third kappa shape index (κ3) is 1.81. The number of alkyl halides is 3. The van der Waals surface area contributed by atoms with Gasteiger partial charge in [-0.05, 0) is 0 Å². The molecule has 0 aliphatic heterocycles. The van der Waals surface area contributed by atoms with E-state index in [1.807, 2.05) is 0 Å². The summed E-state index contributed by atoms with van der Waals surface area (Å²) < 4.78 is 48.4. The first kappa shape index (κ1) is 10.8. The first-order chi connectivity index (χ1) is 6.38. The van der Waals surface area contributed by atoms with Gasteiger partial charge in [-0.2, -0.15) is 18.3 Å². The van der Waals surface area contributed by atoms with Crippen molar-refractivity contribution in [1.82, 2.24) is 9.19 Å². The summed E-state index contributed by atoms with van der Waals surface area (Å²) in [5.41, 5.74) is 0.844. The van der Waals surface area contributed by atoms with E-state index in [9.17, 15) is 21.9 Å². The fourth-order valence-corrected chi connectivity index (χ4v) is 1.02. The topological polar surface area (TPSA) is 60.9 Å². The van der Waals surface area contributed by atoms with Gasteiger partial charge >= 0.3 is 6.18 Å². The van der Waals surface area contributed by atoms with Crippen molar-refractivity contribution in [3.8, 4) is 0 Å². The van der Waals surface area contributed by atoms with Crippen LogP contribution in [0.25, 0.3) is 0 Å². The quantitative estimate of drug-likeness (QED) is 0.735. The highest BCUT2D eigenvalue weighted by Crippen LogP contribution is 2.30. The molecule has 0 bridgehead atoms. The minimum absolute atomic E-state index is 0.0425. The molecule has 4 nitrogen and oxygen atoms in total. The van der Waals surface area contributed by atoms with Gasteiger partial charge in [0.05, 0.1) is 11.9 Å². The third-order valence-electron chi connectivity index (χ3n) is 1.33. The summed E-state index contributed by atoms with van der Waals surface area (Å²) in [5, 5.41) is 3.04. The van der Waals surface area contributed by atoms with E-state index in [4.69, 9.17) is 5.73 Å². The van der Waals surface area contributed by atoms with Gasteiger partial charge in [-0.1, -0.05) is 0 Å². The average Bonchev–Trinajstić information content (AvgIpc) is 2.02. The van der Waals surface area contributed by atoms with Crippen molar-refractivity contribution >= 4 is 18.0 Å². The van der Waals surface area contributed by atoms with Crippen LogP contribution in [0.3, 0.4) is 0 Å². The number of halogens is 4. The zero-order chi connectivity index (χ0) is 10.9. The molecule has 0 radical (unpaired) electrons. The van der Waals surface area contributed by atoms with Crippen molar-refractivity contribution in [2.24, 2.45) is 0 Å². The van der Waals surface area contributed by atoms with E-state index < -0.39 is 35.3 Å². The van der Waals surface area contributed by atoms with Crippen LogP contribution in [-0.4, -0.2) is 9.19 Å². The smallest absolute Gasteiger partial charge is 0.397 e. The molecule has 0 unspecified atom stereocenters. The van der Waals surface area contributed by atoms with Gasteiger partial charge < -0.3 is 5.73 Å². The van der Waals surface area contributed by atoms with Crippen LogP contribution in [0.5, 0.6) is 0 Å². The number of anilines is 1. The molecule has 0 aliphatic rings. The highest BCUT2D eigenvalue weighted by molar-refractivity contribution is 7.92. The molecule has 1 heterocycles. The van der Waals surface area contributed by atoms with E-state index in [0.717, 1.165) is 0 Å². The summed E-state index contributed by atoms with van der Waals surface area (Å²) in [5.74, 6) is 0. The molecule has 14 heavy (non-hydrogen) atoms. The van der Waals surface area contributed by atoms with Crippen LogP contribution >= 0.6 is 12.3 Å². The van der Waals surface area contributed by atoms with E-state index in [1.165, 1.54) is 0 Å². The Morgan fingerprint density at radius 2 is 2.07 bits per heavy atom. The molecule has 0 aliphatic carbocycles. The number of aromatic nitrogens is 2. The zero-order valence-corrected chi connectivity index (χ0v) is 7.19. The maximum atomic E-state index is 12.2. The Labute approximate surface area is 79.1 Å². The van der Waals surface area contributed by atoms with Crippen LogP contribution in [0.15, 0.2) is 11.0 Å². The average molecular weight is 229 g/mol. The number of nitrogens with zero attached hydrogens (tertiary/aromatic N) is 2. The van der Waals surface area contributed by atoms with Crippen LogP contribution in [0, 0.1) is 0 Å². The minimum atomic E-state index is -4.92. The molecule has 0 atom stereocenters. The predicted octanol–water partition coefficient (Wildman–Crippen LogP) is 1.23. The van der Waals surface area contributed by atoms with Crippen LogP contribution in [0.4, 0.5) is 22.7 Å².